The number of nitrogens with zero attached hydrogens (tertiary/aromatic N) is 2. The summed E-state index contributed by atoms with van der Waals surface area (Å²) in [5.41, 5.74) is 7.59. The van der Waals surface area contributed by atoms with Crippen molar-refractivity contribution >= 4 is 11.8 Å². The van der Waals surface area contributed by atoms with Crippen molar-refractivity contribution in [2.45, 2.75) is 0 Å². The van der Waals surface area contributed by atoms with E-state index < -0.39 is 0 Å². The molecule has 0 amide bonds. The van der Waals surface area contributed by atoms with Crippen LogP contribution < -0.4 is 5.73 Å². The first-order valence-electron chi connectivity index (χ1n) is 1.76. The van der Waals surface area contributed by atoms with Gasteiger partial charge in [0.2, 0.25) is 5.96 Å². The zero-order chi connectivity index (χ0) is 5.11. The minimum absolute atomic E-state index is 0.235. The lowest BCUT2D eigenvalue weighted by atomic mass is 10.8. The van der Waals surface area contributed by atoms with E-state index in [1.165, 1.54) is 6.20 Å². The van der Waals surface area contributed by atoms with Gasteiger partial charge in [-0.25, -0.2) is 4.99 Å². The van der Waals surface area contributed by atoms with Gasteiger partial charge in [-0.2, -0.15) is 4.99 Å². The Morgan fingerprint density at radius 2 is 2.57 bits per heavy atom. The summed E-state index contributed by atoms with van der Waals surface area (Å²) < 4.78 is 0. The molecule has 3 heteroatoms. The summed E-state index contributed by atoms with van der Waals surface area (Å²) in [6.07, 6.45) is 1.42. The van der Waals surface area contributed by atoms with E-state index in [4.69, 9.17) is 5.73 Å². The van der Waals surface area contributed by atoms with Crippen LogP contribution >= 0.6 is 0 Å². The Morgan fingerprint density at radius 1 is 1.71 bits per heavy atom. The molecule has 1 heterocycles. The molecular weight excluding hydrogens is 90.1 g/mol. The molecule has 1 aliphatic rings. The lowest BCUT2D eigenvalue weighted by molar-refractivity contribution is 1.43. The Balaban J connectivity index is 3.02. The first-order valence-corrected chi connectivity index (χ1v) is 1.76. The van der Waals surface area contributed by atoms with Crippen LogP contribution in [-0.4, -0.2) is 11.8 Å². The molecule has 7 heavy (non-hydrogen) atoms. The van der Waals surface area contributed by atoms with Gasteiger partial charge in [0.1, 0.15) is 0 Å². The van der Waals surface area contributed by atoms with Crippen molar-refractivity contribution in [2.24, 2.45) is 15.7 Å². The summed E-state index contributed by atoms with van der Waals surface area (Å²) in [6.45, 7) is 0. The van der Waals surface area contributed by atoms with Crippen molar-refractivity contribution in [3.63, 3.8) is 0 Å². The van der Waals surface area contributed by atoms with Gasteiger partial charge >= 0.3 is 0 Å². The minimum Gasteiger partial charge on any atom is -0.367 e. The van der Waals surface area contributed by atoms with Gasteiger partial charge in [0, 0.05) is 5.87 Å². The number of guanidine groups is 1. The van der Waals surface area contributed by atoms with Crippen molar-refractivity contribution in [1.29, 1.82) is 0 Å². The first kappa shape index (κ1) is 3.88. The van der Waals surface area contributed by atoms with E-state index in [-0.39, 0.29) is 5.96 Å². The largest absolute Gasteiger partial charge is 0.367 e. The molecular formula is C4H3N3. The Bertz CT molecular complexity index is 189. The standard InChI is InChI=1S/C4H3N3/c5-4-6-2-1-3-7-4/h2H,(H2,5,6,7). The van der Waals surface area contributed by atoms with Gasteiger partial charge in [-0.1, -0.05) is 0 Å². The lowest BCUT2D eigenvalue weighted by Gasteiger charge is -1.82. The number of hydrogen-bond acceptors (Lipinski definition) is 3. The first-order chi connectivity index (χ1) is 3.39. The lowest BCUT2D eigenvalue weighted by Crippen LogP contribution is -2.06. The molecule has 0 fully saturated rings. The normalized spacial score (nSPS) is 14.6. The van der Waals surface area contributed by atoms with Crippen LogP contribution in [-0.2, 0) is 0 Å². The number of aliphatic imine (C=N–C) groups is 2. The Hall–Kier alpha value is -1.30. The second-order valence-corrected chi connectivity index (χ2v) is 0.984. The average molecular weight is 93.1 g/mol. The summed E-state index contributed by atoms with van der Waals surface area (Å²) in [6, 6.07) is 0. The van der Waals surface area contributed by atoms with Gasteiger partial charge in [-0.05, 0) is 5.73 Å². The zero-order valence-corrected chi connectivity index (χ0v) is 3.55. The third kappa shape index (κ3) is 0.763. The maximum Gasteiger partial charge on any atom is 0.229 e. The highest BCUT2D eigenvalue weighted by atomic mass is 15.0. The maximum atomic E-state index is 5.08. The van der Waals surface area contributed by atoms with Crippen LogP contribution in [0.4, 0.5) is 0 Å². The van der Waals surface area contributed by atoms with Crippen LogP contribution in [0.1, 0.15) is 0 Å². The van der Waals surface area contributed by atoms with Crippen LogP contribution in [0.15, 0.2) is 21.9 Å². The molecule has 3 nitrogen and oxygen atoms in total. The van der Waals surface area contributed by atoms with E-state index in [1.807, 2.05) is 0 Å². The molecule has 0 saturated heterocycles. The van der Waals surface area contributed by atoms with Gasteiger partial charge < -0.3 is 5.73 Å². The zero-order valence-electron chi connectivity index (χ0n) is 3.55. The quantitative estimate of drug-likeness (QED) is 0.409. The van der Waals surface area contributed by atoms with Crippen LogP contribution in [0.3, 0.4) is 0 Å². The highest BCUT2D eigenvalue weighted by Crippen LogP contribution is 1.75. The fraction of sp³-hybridized carbons (Fsp3) is 0. The molecule has 0 aromatic rings. The Labute approximate surface area is 40.6 Å². The van der Waals surface area contributed by atoms with E-state index >= 15 is 0 Å². The molecule has 0 aromatic heterocycles. The van der Waals surface area contributed by atoms with Crippen molar-refractivity contribution in [1.82, 2.24) is 0 Å². The molecule has 34 valence electrons. The van der Waals surface area contributed by atoms with Gasteiger partial charge in [-0.15, -0.1) is 0 Å². The highest BCUT2D eigenvalue weighted by molar-refractivity contribution is 5.86. The monoisotopic (exact) mass is 93.0 g/mol. The molecule has 0 bridgehead atoms. The van der Waals surface area contributed by atoms with Crippen LogP contribution in [0, 0.1) is 0 Å². The SMILES string of the molecule is NC1=NC=C=C=N1. The molecule has 0 radical (unpaired) electrons. The third-order valence-corrected chi connectivity index (χ3v) is 0.496. The van der Waals surface area contributed by atoms with Gasteiger partial charge in [-0.3, -0.25) is 0 Å². The van der Waals surface area contributed by atoms with Gasteiger partial charge in [0.05, 0.1) is 6.20 Å². The summed E-state index contributed by atoms with van der Waals surface area (Å²) in [7, 11) is 0. The predicted molar refractivity (Wildman–Crippen MR) is 27.1 cm³/mol. The maximum absolute atomic E-state index is 5.08. The average Bonchev–Trinajstić information content (AvgIpc) is 1.69. The summed E-state index contributed by atoms with van der Waals surface area (Å²) in [5.74, 6) is 2.63. The minimum atomic E-state index is 0.235. The number of nitrogens with two attached hydrogens (primary N) is 1. The third-order valence-electron chi connectivity index (χ3n) is 0.496. The summed E-state index contributed by atoms with van der Waals surface area (Å²) in [5, 5.41) is 0. The molecule has 1 aliphatic heterocycles. The molecule has 0 saturated carbocycles. The fourth-order valence-corrected chi connectivity index (χ4v) is 0.246. The van der Waals surface area contributed by atoms with Gasteiger partial charge in [0.25, 0.3) is 0 Å². The molecule has 0 unspecified atom stereocenters. The van der Waals surface area contributed by atoms with E-state index in [2.05, 4.69) is 21.6 Å². The van der Waals surface area contributed by atoms with Crippen molar-refractivity contribution in [3.05, 3.63) is 11.9 Å². The fourth-order valence-electron chi connectivity index (χ4n) is 0.246. The summed E-state index contributed by atoms with van der Waals surface area (Å²) in [4.78, 5) is 7.02. The van der Waals surface area contributed by atoms with E-state index in [0.717, 1.165) is 0 Å². The smallest absolute Gasteiger partial charge is 0.229 e. The summed E-state index contributed by atoms with van der Waals surface area (Å²) >= 11 is 0. The molecule has 2 N–H and O–H groups in total. The van der Waals surface area contributed by atoms with E-state index in [1.54, 1.807) is 0 Å². The molecule has 0 aliphatic carbocycles. The van der Waals surface area contributed by atoms with Crippen LogP contribution in [0.2, 0.25) is 0 Å². The topological polar surface area (TPSA) is 50.7 Å². The molecule has 0 atom stereocenters. The van der Waals surface area contributed by atoms with Crippen molar-refractivity contribution < 1.29 is 0 Å². The van der Waals surface area contributed by atoms with Gasteiger partial charge in [0.15, 0.2) is 0 Å². The Kier molecular flexibility index (Phi) is 0.794. The predicted octanol–water partition coefficient (Wildman–Crippen LogP) is -0.347. The number of rotatable bonds is 0. The number of hydrogen-bond donors (Lipinski definition) is 1. The van der Waals surface area contributed by atoms with Crippen molar-refractivity contribution in [3.8, 4) is 0 Å². The van der Waals surface area contributed by atoms with Crippen LogP contribution in [0.5, 0.6) is 0 Å². The Morgan fingerprint density at radius 3 is 2.86 bits per heavy atom. The van der Waals surface area contributed by atoms with Crippen LogP contribution in [0.25, 0.3) is 0 Å². The molecule has 0 spiro atoms. The second kappa shape index (κ2) is 1.43. The van der Waals surface area contributed by atoms with E-state index in [9.17, 15) is 0 Å². The highest BCUT2D eigenvalue weighted by Gasteiger charge is 1.79. The van der Waals surface area contributed by atoms with Crippen molar-refractivity contribution in [2.75, 3.05) is 0 Å². The van der Waals surface area contributed by atoms with E-state index in [0.29, 0.717) is 0 Å². The second-order valence-electron chi connectivity index (χ2n) is 0.984. The molecule has 1 rings (SSSR count). The molecule has 0 aromatic carbocycles.